The summed E-state index contributed by atoms with van der Waals surface area (Å²) in [6.07, 6.45) is 1.50. The molecule has 2 aromatic carbocycles. The Kier molecular flexibility index (Phi) is 6.46. The number of aryl methyl sites for hydroxylation is 1. The van der Waals surface area contributed by atoms with Crippen molar-refractivity contribution in [3.05, 3.63) is 63.6 Å². The van der Waals surface area contributed by atoms with E-state index in [0.717, 1.165) is 28.6 Å². The SMILES string of the molecule is Cc1cc(NC(=O)COC(=O)c2ccc(CN3CCCC3=O)cc2)ccc1Br. The number of halogens is 1. The molecule has 2 amide bonds. The van der Waals surface area contributed by atoms with Crippen molar-refractivity contribution in [1.29, 1.82) is 0 Å². The van der Waals surface area contributed by atoms with Crippen LogP contribution in [0.1, 0.15) is 34.3 Å². The summed E-state index contributed by atoms with van der Waals surface area (Å²) < 4.78 is 6.03. The number of anilines is 1. The lowest BCUT2D eigenvalue weighted by atomic mass is 10.1. The molecule has 0 aliphatic carbocycles. The number of hydrogen-bond acceptors (Lipinski definition) is 4. The maximum atomic E-state index is 12.1. The minimum absolute atomic E-state index is 0.162. The Labute approximate surface area is 172 Å². The quantitative estimate of drug-likeness (QED) is 0.689. The highest BCUT2D eigenvalue weighted by molar-refractivity contribution is 9.10. The van der Waals surface area contributed by atoms with E-state index in [1.807, 2.05) is 24.0 Å². The summed E-state index contributed by atoms with van der Waals surface area (Å²) in [6, 6.07) is 12.3. The van der Waals surface area contributed by atoms with Crippen molar-refractivity contribution >= 4 is 39.4 Å². The van der Waals surface area contributed by atoms with Crippen molar-refractivity contribution in [2.24, 2.45) is 0 Å². The van der Waals surface area contributed by atoms with Crippen LogP contribution in [-0.4, -0.2) is 35.8 Å². The maximum Gasteiger partial charge on any atom is 0.338 e. The van der Waals surface area contributed by atoms with E-state index in [1.54, 1.807) is 30.3 Å². The van der Waals surface area contributed by atoms with Crippen LogP contribution in [-0.2, 0) is 20.9 Å². The van der Waals surface area contributed by atoms with Gasteiger partial charge in [0.2, 0.25) is 5.91 Å². The first-order chi connectivity index (χ1) is 13.4. The number of esters is 1. The van der Waals surface area contributed by atoms with Gasteiger partial charge in [0.25, 0.3) is 5.91 Å². The normalized spacial score (nSPS) is 13.5. The number of nitrogens with one attached hydrogen (secondary N) is 1. The van der Waals surface area contributed by atoms with Crippen LogP contribution in [0, 0.1) is 6.92 Å². The summed E-state index contributed by atoms with van der Waals surface area (Å²) in [6.45, 7) is 2.87. The molecule has 0 aromatic heterocycles. The van der Waals surface area contributed by atoms with E-state index in [1.165, 1.54) is 0 Å². The second kappa shape index (κ2) is 9.01. The summed E-state index contributed by atoms with van der Waals surface area (Å²) in [5.74, 6) is -0.805. The van der Waals surface area contributed by atoms with Gasteiger partial charge in [0, 0.05) is 29.7 Å². The van der Waals surface area contributed by atoms with Gasteiger partial charge < -0.3 is 15.0 Å². The monoisotopic (exact) mass is 444 g/mol. The zero-order chi connectivity index (χ0) is 20.1. The van der Waals surface area contributed by atoms with Gasteiger partial charge in [-0.1, -0.05) is 28.1 Å². The van der Waals surface area contributed by atoms with Crippen molar-refractivity contribution in [3.8, 4) is 0 Å². The first kappa shape index (κ1) is 20.1. The standard InChI is InChI=1S/C21H21BrN2O4/c1-14-11-17(8-9-18(14)22)23-19(25)13-28-21(27)16-6-4-15(5-7-16)12-24-10-2-3-20(24)26/h4-9,11H,2-3,10,12-13H2,1H3,(H,23,25). The van der Waals surface area contributed by atoms with Gasteiger partial charge in [-0.05, 0) is 54.8 Å². The first-order valence-corrected chi connectivity index (χ1v) is 9.81. The van der Waals surface area contributed by atoms with Crippen LogP contribution < -0.4 is 5.32 Å². The smallest absolute Gasteiger partial charge is 0.338 e. The number of benzene rings is 2. The third kappa shape index (κ3) is 5.19. The minimum Gasteiger partial charge on any atom is -0.452 e. The minimum atomic E-state index is -0.564. The summed E-state index contributed by atoms with van der Waals surface area (Å²) in [5.41, 5.74) is 2.95. The molecule has 0 atom stereocenters. The molecule has 1 aliphatic heterocycles. The number of carbonyl (C=O) groups excluding carboxylic acids is 3. The Bertz CT molecular complexity index is 896. The van der Waals surface area contributed by atoms with Gasteiger partial charge in [0.15, 0.2) is 6.61 Å². The second-order valence-corrected chi connectivity index (χ2v) is 7.56. The lowest BCUT2D eigenvalue weighted by Gasteiger charge is -2.15. The van der Waals surface area contributed by atoms with Crippen LogP contribution in [0.2, 0.25) is 0 Å². The average Bonchev–Trinajstić information content (AvgIpc) is 3.08. The molecule has 3 rings (SSSR count). The summed E-state index contributed by atoms with van der Waals surface area (Å²) >= 11 is 3.40. The molecule has 0 spiro atoms. The molecule has 1 aliphatic rings. The average molecular weight is 445 g/mol. The molecule has 6 nitrogen and oxygen atoms in total. The molecule has 1 heterocycles. The number of nitrogens with zero attached hydrogens (tertiary/aromatic N) is 1. The van der Waals surface area contributed by atoms with Gasteiger partial charge in [-0.15, -0.1) is 0 Å². The van der Waals surface area contributed by atoms with Crippen molar-refractivity contribution in [2.45, 2.75) is 26.3 Å². The summed E-state index contributed by atoms with van der Waals surface area (Å²) in [7, 11) is 0. The van der Waals surface area contributed by atoms with E-state index >= 15 is 0 Å². The lowest BCUT2D eigenvalue weighted by Crippen LogP contribution is -2.23. The molecule has 0 saturated carbocycles. The van der Waals surface area contributed by atoms with E-state index in [-0.39, 0.29) is 12.5 Å². The highest BCUT2D eigenvalue weighted by atomic mass is 79.9. The molecule has 7 heteroatoms. The molecule has 2 aromatic rings. The highest BCUT2D eigenvalue weighted by Crippen LogP contribution is 2.20. The van der Waals surface area contributed by atoms with E-state index in [0.29, 0.717) is 24.2 Å². The van der Waals surface area contributed by atoms with E-state index in [9.17, 15) is 14.4 Å². The number of rotatable bonds is 6. The van der Waals surface area contributed by atoms with Crippen LogP contribution in [0.4, 0.5) is 5.69 Å². The molecule has 1 saturated heterocycles. The highest BCUT2D eigenvalue weighted by Gasteiger charge is 2.20. The summed E-state index contributed by atoms with van der Waals surface area (Å²) in [4.78, 5) is 37.6. The Morgan fingerprint density at radius 2 is 1.93 bits per heavy atom. The zero-order valence-corrected chi connectivity index (χ0v) is 17.1. The van der Waals surface area contributed by atoms with Gasteiger partial charge in [-0.25, -0.2) is 4.79 Å². The predicted molar refractivity (Wildman–Crippen MR) is 109 cm³/mol. The zero-order valence-electron chi connectivity index (χ0n) is 15.5. The van der Waals surface area contributed by atoms with Crippen LogP contribution in [0.3, 0.4) is 0 Å². The van der Waals surface area contributed by atoms with Gasteiger partial charge >= 0.3 is 5.97 Å². The topological polar surface area (TPSA) is 75.7 Å². The van der Waals surface area contributed by atoms with Crippen molar-refractivity contribution in [1.82, 2.24) is 4.90 Å². The largest absolute Gasteiger partial charge is 0.452 e. The third-order valence-electron chi connectivity index (χ3n) is 4.51. The van der Waals surface area contributed by atoms with Crippen molar-refractivity contribution in [2.75, 3.05) is 18.5 Å². The van der Waals surface area contributed by atoms with Gasteiger partial charge in [-0.3, -0.25) is 9.59 Å². The number of amides is 2. The molecule has 0 radical (unpaired) electrons. The fourth-order valence-corrected chi connectivity index (χ4v) is 3.22. The van der Waals surface area contributed by atoms with E-state index in [4.69, 9.17) is 4.74 Å². The Morgan fingerprint density at radius 3 is 2.57 bits per heavy atom. The molecular weight excluding hydrogens is 424 g/mol. The van der Waals surface area contributed by atoms with Crippen LogP contribution >= 0.6 is 15.9 Å². The third-order valence-corrected chi connectivity index (χ3v) is 5.40. The van der Waals surface area contributed by atoms with E-state index in [2.05, 4.69) is 21.2 Å². The molecular formula is C21H21BrN2O4. The second-order valence-electron chi connectivity index (χ2n) is 6.70. The van der Waals surface area contributed by atoms with Crippen LogP contribution in [0.15, 0.2) is 46.9 Å². The van der Waals surface area contributed by atoms with Gasteiger partial charge in [0.05, 0.1) is 5.56 Å². The van der Waals surface area contributed by atoms with Crippen molar-refractivity contribution in [3.63, 3.8) is 0 Å². The van der Waals surface area contributed by atoms with Gasteiger partial charge in [-0.2, -0.15) is 0 Å². The number of likely N-dealkylation sites (tertiary alicyclic amines) is 1. The van der Waals surface area contributed by atoms with Gasteiger partial charge in [0.1, 0.15) is 0 Å². The molecule has 146 valence electrons. The number of hydrogen-bond donors (Lipinski definition) is 1. The van der Waals surface area contributed by atoms with E-state index < -0.39 is 11.9 Å². The number of ether oxygens (including phenoxy) is 1. The summed E-state index contributed by atoms with van der Waals surface area (Å²) in [5, 5.41) is 2.70. The van der Waals surface area contributed by atoms with Crippen LogP contribution in [0.25, 0.3) is 0 Å². The Balaban J connectivity index is 1.49. The molecule has 0 unspecified atom stereocenters. The van der Waals surface area contributed by atoms with Crippen molar-refractivity contribution < 1.29 is 19.1 Å². The molecule has 0 bridgehead atoms. The fourth-order valence-electron chi connectivity index (χ4n) is 2.97. The molecule has 1 N–H and O–H groups in total. The predicted octanol–water partition coefficient (Wildman–Crippen LogP) is 3.68. The Morgan fingerprint density at radius 1 is 1.18 bits per heavy atom. The lowest BCUT2D eigenvalue weighted by molar-refractivity contribution is -0.128. The van der Waals surface area contributed by atoms with Crippen LogP contribution in [0.5, 0.6) is 0 Å². The Hall–Kier alpha value is -2.67. The first-order valence-electron chi connectivity index (χ1n) is 9.02. The number of carbonyl (C=O) groups is 3. The molecule has 28 heavy (non-hydrogen) atoms. The fraction of sp³-hybridized carbons (Fsp3) is 0.286. The maximum absolute atomic E-state index is 12.1. The molecule has 1 fully saturated rings.